The van der Waals surface area contributed by atoms with Crippen molar-refractivity contribution in [3.63, 3.8) is 0 Å². The number of nitrogens with zero attached hydrogens (tertiary/aromatic N) is 3. The van der Waals surface area contributed by atoms with Crippen molar-refractivity contribution < 1.29 is 13.6 Å². The van der Waals surface area contributed by atoms with Gasteiger partial charge in [-0.15, -0.1) is 10.2 Å². The topological polar surface area (TPSA) is 59.8 Å². The van der Waals surface area contributed by atoms with E-state index in [0.29, 0.717) is 5.82 Å². The number of amides is 1. The number of fused-ring (bicyclic) bond motifs is 1. The molecule has 0 radical (unpaired) electrons. The van der Waals surface area contributed by atoms with Crippen LogP contribution in [0.2, 0.25) is 0 Å². The Bertz CT molecular complexity index is 709. The van der Waals surface area contributed by atoms with E-state index in [1.165, 1.54) is 0 Å². The first-order valence-corrected chi connectivity index (χ1v) is 7.73. The Kier molecular flexibility index (Phi) is 4.36. The van der Waals surface area contributed by atoms with Gasteiger partial charge in [0.15, 0.2) is 5.82 Å². The molecular weight excluding hydrogens is 302 g/mol. The zero-order valence-electron chi connectivity index (χ0n) is 12.9. The van der Waals surface area contributed by atoms with Crippen molar-refractivity contribution in [3.8, 4) is 0 Å². The number of nitrogens with one attached hydrogen (secondary N) is 1. The number of hydrogen-bond acceptors (Lipinski definition) is 3. The molecule has 122 valence electrons. The number of halogens is 2. The molecule has 0 saturated heterocycles. The number of carbonyl (C=O) groups excluding carboxylic acids is 1. The first-order valence-electron chi connectivity index (χ1n) is 7.73. The molecule has 0 fully saturated rings. The fourth-order valence-corrected chi connectivity index (χ4v) is 2.86. The Labute approximate surface area is 132 Å². The number of aromatic nitrogens is 3. The number of aryl methyl sites for hydroxylation is 1. The number of rotatable bonds is 3. The molecule has 1 amide bonds. The average molecular weight is 320 g/mol. The molecule has 5 nitrogen and oxygen atoms in total. The van der Waals surface area contributed by atoms with E-state index >= 15 is 0 Å². The maximum absolute atomic E-state index is 13.2. The molecule has 1 aromatic carbocycles. The summed E-state index contributed by atoms with van der Waals surface area (Å²) in [5, 5.41) is 11.1. The third kappa shape index (κ3) is 3.38. The zero-order chi connectivity index (χ0) is 16.4. The van der Waals surface area contributed by atoms with E-state index in [-0.39, 0.29) is 5.56 Å². The van der Waals surface area contributed by atoms with E-state index in [0.717, 1.165) is 56.3 Å². The van der Waals surface area contributed by atoms with Gasteiger partial charge in [-0.25, -0.2) is 8.78 Å². The summed E-state index contributed by atoms with van der Waals surface area (Å²) in [6.45, 7) is 2.61. The standard InChI is InChI=1S/C16H18F2N4O/c1-10(15-21-20-14-5-3-2-4-6-22(14)15)19-16(23)11-7-12(17)9-13(18)8-11/h7-10H,2-6H2,1H3,(H,19,23)/t10-/m0/s1. The van der Waals surface area contributed by atoms with E-state index < -0.39 is 23.6 Å². The van der Waals surface area contributed by atoms with E-state index in [9.17, 15) is 13.6 Å². The summed E-state index contributed by atoms with van der Waals surface area (Å²) in [6.07, 6.45) is 4.16. The fourth-order valence-electron chi connectivity index (χ4n) is 2.86. The minimum Gasteiger partial charge on any atom is -0.342 e. The average Bonchev–Trinajstić information content (AvgIpc) is 2.75. The molecule has 23 heavy (non-hydrogen) atoms. The normalized spacial score (nSPS) is 15.6. The van der Waals surface area contributed by atoms with Crippen molar-refractivity contribution in [2.24, 2.45) is 0 Å². The van der Waals surface area contributed by atoms with Gasteiger partial charge < -0.3 is 9.88 Å². The van der Waals surface area contributed by atoms with Gasteiger partial charge in [-0.3, -0.25) is 4.79 Å². The summed E-state index contributed by atoms with van der Waals surface area (Å²) in [6, 6.07) is 2.36. The Morgan fingerprint density at radius 1 is 1.17 bits per heavy atom. The second kappa shape index (κ2) is 6.44. The molecule has 0 bridgehead atoms. The van der Waals surface area contributed by atoms with Crippen LogP contribution < -0.4 is 5.32 Å². The molecule has 0 spiro atoms. The molecule has 1 aliphatic heterocycles. The zero-order valence-corrected chi connectivity index (χ0v) is 12.9. The van der Waals surface area contributed by atoms with Gasteiger partial charge in [-0.2, -0.15) is 0 Å². The van der Waals surface area contributed by atoms with Gasteiger partial charge in [0.1, 0.15) is 17.5 Å². The number of carbonyl (C=O) groups is 1. The molecule has 1 aromatic heterocycles. The molecule has 1 aliphatic rings. The summed E-state index contributed by atoms with van der Waals surface area (Å²) < 4.78 is 28.5. The van der Waals surface area contributed by atoms with Crippen LogP contribution in [0.3, 0.4) is 0 Å². The lowest BCUT2D eigenvalue weighted by Gasteiger charge is -2.15. The minimum absolute atomic E-state index is 0.0510. The Balaban J connectivity index is 1.77. The van der Waals surface area contributed by atoms with Crippen LogP contribution in [-0.2, 0) is 13.0 Å². The van der Waals surface area contributed by atoms with E-state index in [4.69, 9.17) is 0 Å². The van der Waals surface area contributed by atoms with Gasteiger partial charge in [0.05, 0.1) is 6.04 Å². The monoisotopic (exact) mass is 320 g/mol. The van der Waals surface area contributed by atoms with Crippen LogP contribution in [0.25, 0.3) is 0 Å². The lowest BCUT2D eigenvalue weighted by Crippen LogP contribution is -2.29. The number of hydrogen-bond donors (Lipinski definition) is 1. The summed E-state index contributed by atoms with van der Waals surface area (Å²) in [4.78, 5) is 12.2. The SMILES string of the molecule is C[C@H](NC(=O)c1cc(F)cc(F)c1)c1nnc2n1CCCCC2. The van der Waals surface area contributed by atoms with Gasteiger partial charge in [-0.05, 0) is 31.9 Å². The smallest absolute Gasteiger partial charge is 0.252 e. The Hall–Kier alpha value is -2.31. The minimum atomic E-state index is -0.779. The molecule has 2 aromatic rings. The third-order valence-corrected chi connectivity index (χ3v) is 4.00. The second-order valence-corrected chi connectivity index (χ2v) is 5.79. The maximum Gasteiger partial charge on any atom is 0.252 e. The van der Waals surface area contributed by atoms with Crippen molar-refractivity contribution in [2.75, 3.05) is 0 Å². The van der Waals surface area contributed by atoms with Gasteiger partial charge in [-0.1, -0.05) is 6.42 Å². The first-order chi connectivity index (χ1) is 11.0. The molecule has 1 N–H and O–H groups in total. The molecule has 0 aliphatic carbocycles. The predicted molar refractivity (Wildman–Crippen MR) is 79.8 cm³/mol. The predicted octanol–water partition coefficient (Wildman–Crippen LogP) is 2.77. The highest BCUT2D eigenvalue weighted by atomic mass is 19.1. The van der Waals surface area contributed by atoms with Crippen molar-refractivity contribution in [1.29, 1.82) is 0 Å². The Morgan fingerprint density at radius 3 is 2.65 bits per heavy atom. The van der Waals surface area contributed by atoms with Gasteiger partial charge in [0.2, 0.25) is 0 Å². The largest absolute Gasteiger partial charge is 0.342 e. The van der Waals surface area contributed by atoms with Crippen LogP contribution in [0.1, 0.15) is 54.2 Å². The molecule has 0 saturated carbocycles. The molecule has 3 rings (SSSR count). The van der Waals surface area contributed by atoms with Gasteiger partial charge in [0.25, 0.3) is 5.91 Å². The highest BCUT2D eigenvalue weighted by molar-refractivity contribution is 5.94. The summed E-state index contributed by atoms with van der Waals surface area (Å²) >= 11 is 0. The highest BCUT2D eigenvalue weighted by Gasteiger charge is 2.21. The molecule has 0 unspecified atom stereocenters. The van der Waals surface area contributed by atoms with Gasteiger partial charge in [0, 0.05) is 24.6 Å². The maximum atomic E-state index is 13.2. The lowest BCUT2D eigenvalue weighted by atomic mass is 10.2. The van der Waals surface area contributed by atoms with Crippen LogP contribution in [-0.4, -0.2) is 20.7 Å². The van der Waals surface area contributed by atoms with Crippen LogP contribution in [0, 0.1) is 11.6 Å². The van der Waals surface area contributed by atoms with Crippen molar-refractivity contribution in [1.82, 2.24) is 20.1 Å². The van der Waals surface area contributed by atoms with Crippen molar-refractivity contribution >= 4 is 5.91 Å². The fraction of sp³-hybridized carbons (Fsp3) is 0.438. The van der Waals surface area contributed by atoms with E-state index in [2.05, 4.69) is 15.5 Å². The second-order valence-electron chi connectivity index (χ2n) is 5.79. The van der Waals surface area contributed by atoms with Gasteiger partial charge >= 0.3 is 0 Å². The quantitative estimate of drug-likeness (QED) is 0.946. The third-order valence-electron chi connectivity index (χ3n) is 4.00. The lowest BCUT2D eigenvalue weighted by molar-refractivity contribution is 0.0936. The Morgan fingerprint density at radius 2 is 1.91 bits per heavy atom. The summed E-state index contributed by atoms with van der Waals surface area (Å²) in [5.41, 5.74) is -0.0510. The van der Waals surface area contributed by atoms with E-state index in [1.807, 2.05) is 4.57 Å². The first kappa shape index (κ1) is 15.6. The molecule has 1 atom stereocenters. The van der Waals surface area contributed by atoms with Crippen LogP contribution in [0.4, 0.5) is 8.78 Å². The number of benzene rings is 1. The van der Waals surface area contributed by atoms with Crippen LogP contribution in [0.5, 0.6) is 0 Å². The molecular formula is C16H18F2N4O. The summed E-state index contributed by atoms with van der Waals surface area (Å²) in [7, 11) is 0. The van der Waals surface area contributed by atoms with Crippen molar-refractivity contribution in [3.05, 3.63) is 47.0 Å². The van der Waals surface area contributed by atoms with Crippen molar-refractivity contribution in [2.45, 2.75) is 45.2 Å². The van der Waals surface area contributed by atoms with Crippen LogP contribution in [0.15, 0.2) is 18.2 Å². The molecule has 2 heterocycles. The van der Waals surface area contributed by atoms with Crippen LogP contribution >= 0.6 is 0 Å². The highest BCUT2D eigenvalue weighted by Crippen LogP contribution is 2.19. The summed E-state index contributed by atoms with van der Waals surface area (Å²) in [5.74, 6) is -0.498. The molecule has 7 heteroatoms. The van der Waals surface area contributed by atoms with E-state index in [1.54, 1.807) is 6.92 Å².